The Bertz CT molecular complexity index is 672. The smallest absolute Gasteiger partial charge is 0.410 e. The van der Waals surface area contributed by atoms with E-state index in [1.165, 1.54) is 13.0 Å². The molecule has 1 amide bonds. The van der Waals surface area contributed by atoms with Gasteiger partial charge in [-0.1, -0.05) is 0 Å². The van der Waals surface area contributed by atoms with Crippen LogP contribution in [-0.2, 0) is 17.7 Å². The van der Waals surface area contributed by atoms with Crippen molar-refractivity contribution in [2.45, 2.75) is 46.3 Å². The molecule has 0 aromatic heterocycles. The first-order valence-corrected chi connectivity index (χ1v) is 7.46. The van der Waals surface area contributed by atoms with E-state index in [0.717, 1.165) is 11.1 Å². The summed E-state index contributed by atoms with van der Waals surface area (Å²) in [6, 6.07) is 3.12. The van der Waals surface area contributed by atoms with Gasteiger partial charge in [-0.3, -0.25) is 4.79 Å². The first kappa shape index (κ1) is 17.0. The van der Waals surface area contributed by atoms with Crippen LogP contribution < -0.4 is 0 Å². The summed E-state index contributed by atoms with van der Waals surface area (Å²) < 4.78 is 5.35. The number of carbonyl (C=O) groups is 3. The monoisotopic (exact) mass is 319 g/mol. The average molecular weight is 319 g/mol. The molecule has 23 heavy (non-hydrogen) atoms. The van der Waals surface area contributed by atoms with E-state index in [1.807, 2.05) is 0 Å². The largest absolute Gasteiger partial charge is 0.478 e. The van der Waals surface area contributed by atoms with Crippen LogP contribution in [0.2, 0.25) is 0 Å². The maximum Gasteiger partial charge on any atom is 0.410 e. The quantitative estimate of drug-likeness (QED) is 0.847. The summed E-state index contributed by atoms with van der Waals surface area (Å²) in [5.74, 6) is -1.42. The third-order valence-corrected chi connectivity index (χ3v) is 3.61. The molecule has 124 valence electrons. The molecule has 0 aliphatic carbocycles. The number of Topliss-reactive ketones (excluding diaryl/α,β-unsaturated/α-hetero) is 1. The van der Waals surface area contributed by atoms with Crippen molar-refractivity contribution < 1.29 is 24.2 Å². The molecule has 0 saturated heterocycles. The number of amides is 1. The maximum atomic E-state index is 12.2. The molecular formula is C17H21NO5. The van der Waals surface area contributed by atoms with Crippen LogP contribution in [-0.4, -0.2) is 40.0 Å². The van der Waals surface area contributed by atoms with Crippen LogP contribution in [0.5, 0.6) is 0 Å². The molecule has 1 aliphatic rings. The zero-order valence-corrected chi connectivity index (χ0v) is 13.8. The molecule has 1 N–H and O–H groups in total. The second-order valence-corrected chi connectivity index (χ2v) is 6.68. The van der Waals surface area contributed by atoms with E-state index in [0.29, 0.717) is 13.0 Å². The van der Waals surface area contributed by atoms with Gasteiger partial charge in [0.15, 0.2) is 5.78 Å². The minimum Gasteiger partial charge on any atom is -0.478 e. The molecule has 6 heteroatoms. The van der Waals surface area contributed by atoms with E-state index in [-0.39, 0.29) is 23.5 Å². The van der Waals surface area contributed by atoms with Crippen LogP contribution >= 0.6 is 0 Å². The second-order valence-electron chi connectivity index (χ2n) is 6.68. The lowest BCUT2D eigenvalue weighted by Gasteiger charge is -2.31. The Kier molecular flexibility index (Phi) is 4.45. The number of ketones is 1. The molecule has 1 aromatic rings. The number of carbonyl (C=O) groups excluding carboxylic acids is 2. The summed E-state index contributed by atoms with van der Waals surface area (Å²) in [6.45, 7) is 7.50. The molecule has 6 nitrogen and oxygen atoms in total. The normalized spacial score (nSPS) is 14.2. The predicted molar refractivity (Wildman–Crippen MR) is 83.8 cm³/mol. The Balaban J connectivity index is 2.30. The lowest BCUT2D eigenvalue weighted by Crippen LogP contribution is -2.40. The lowest BCUT2D eigenvalue weighted by atomic mass is 9.92. The average Bonchev–Trinajstić information content (AvgIpc) is 2.43. The van der Waals surface area contributed by atoms with Crippen molar-refractivity contribution in [3.8, 4) is 0 Å². The molecule has 2 rings (SSSR count). The van der Waals surface area contributed by atoms with Crippen molar-refractivity contribution in [3.05, 3.63) is 34.4 Å². The highest BCUT2D eigenvalue weighted by Gasteiger charge is 2.27. The van der Waals surface area contributed by atoms with Gasteiger partial charge in [-0.05, 0) is 57.4 Å². The van der Waals surface area contributed by atoms with Gasteiger partial charge in [-0.15, -0.1) is 0 Å². The van der Waals surface area contributed by atoms with Crippen molar-refractivity contribution in [2.24, 2.45) is 0 Å². The standard InChI is InChI=1S/C17H21NO5/c1-10(19)13-7-11-5-6-18(16(22)23-17(2,3)4)9-12(11)8-14(13)15(20)21/h7-8H,5-6,9H2,1-4H3,(H,20,21). The van der Waals surface area contributed by atoms with Gasteiger partial charge in [0.2, 0.25) is 0 Å². The van der Waals surface area contributed by atoms with E-state index in [9.17, 15) is 19.5 Å². The Morgan fingerprint density at radius 2 is 1.74 bits per heavy atom. The van der Waals surface area contributed by atoms with Crippen molar-refractivity contribution in [2.75, 3.05) is 6.54 Å². The molecular weight excluding hydrogens is 298 g/mol. The molecule has 1 aliphatic heterocycles. The molecule has 0 saturated carbocycles. The summed E-state index contributed by atoms with van der Waals surface area (Å²) >= 11 is 0. The molecule has 0 spiro atoms. The summed E-state index contributed by atoms with van der Waals surface area (Å²) in [7, 11) is 0. The fraction of sp³-hybridized carbons (Fsp3) is 0.471. The Morgan fingerprint density at radius 3 is 2.26 bits per heavy atom. The lowest BCUT2D eigenvalue weighted by molar-refractivity contribution is 0.0223. The molecule has 0 fully saturated rings. The number of aromatic carboxylic acids is 1. The predicted octanol–water partition coefficient (Wildman–Crippen LogP) is 2.88. The van der Waals surface area contributed by atoms with E-state index >= 15 is 0 Å². The second kappa shape index (κ2) is 6.02. The number of hydrogen-bond acceptors (Lipinski definition) is 4. The number of nitrogens with zero attached hydrogens (tertiary/aromatic N) is 1. The van der Waals surface area contributed by atoms with Crippen molar-refractivity contribution in [1.82, 2.24) is 4.90 Å². The van der Waals surface area contributed by atoms with E-state index in [1.54, 1.807) is 31.7 Å². The topological polar surface area (TPSA) is 83.9 Å². The number of carboxylic acid groups (broad SMARTS) is 1. The summed E-state index contributed by atoms with van der Waals surface area (Å²) in [4.78, 5) is 36.7. The van der Waals surface area contributed by atoms with Gasteiger partial charge in [0.1, 0.15) is 5.60 Å². The van der Waals surface area contributed by atoms with Gasteiger partial charge < -0.3 is 14.7 Å². The van der Waals surface area contributed by atoms with Gasteiger partial charge >= 0.3 is 12.1 Å². The number of rotatable bonds is 2. The molecule has 0 atom stereocenters. The zero-order chi connectivity index (χ0) is 17.4. The molecule has 0 radical (unpaired) electrons. The highest BCUT2D eigenvalue weighted by molar-refractivity contribution is 6.05. The summed E-state index contributed by atoms with van der Waals surface area (Å²) in [5.41, 5.74) is 1.25. The van der Waals surface area contributed by atoms with E-state index < -0.39 is 17.7 Å². The van der Waals surface area contributed by atoms with E-state index in [2.05, 4.69) is 0 Å². The number of benzene rings is 1. The number of ether oxygens (including phenoxy) is 1. The van der Waals surface area contributed by atoms with Crippen molar-refractivity contribution in [3.63, 3.8) is 0 Å². The van der Waals surface area contributed by atoms with Gasteiger partial charge in [0.25, 0.3) is 0 Å². The van der Waals surface area contributed by atoms with Crippen LogP contribution in [0.3, 0.4) is 0 Å². The van der Waals surface area contributed by atoms with Gasteiger partial charge in [0, 0.05) is 18.7 Å². The van der Waals surface area contributed by atoms with Gasteiger partial charge in [-0.2, -0.15) is 0 Å². The number of carboxylic acids is 1. The van der Waals surface area contributed by atoms with Crippen LogP contribution in [0.25, 0.3) is 0 Å². The van der Waals surface area contributed by atoms with E-state index in [4.69, 9.17) is 4.74 Å². The number of hydrogen-bond donors (Lipinski definition) is 1. The maximum absolute atomic E-state index is 12.2. The Labute approximate surface area is 135 Å². The first-order valence-electron chi connectivity index (χ1n) is 7.46. The Morgan fingerprint density at radius 1 is 1.13 bits per heavy atom. The van der Waals surface area contributed by atoms with Crippen LogP contribution in [0.4, 0.5) is 4.79 Å². The Hall–Kier alpha value is -2.37. The van der Waals surface area contributed by atoms with Gasteiger partial charge in [0.05, 0.1) is 5.56 Å². The molecule has 0 bridgehead atoms. The molecule has 0 unspecified atom stereocenters. The van der Waals surface area contributed by atoms with Crippen LogP contribution in [0, 0.1) is 0 Å². The molecule has 1 heterocycles. The fourth-order valence-corrected chi connectivity index (χ4v) is 2.56. The SMILES string of the molecule is CC(=O)c1cc2c(cc1C(=O)O)CN(C(=O)OC(C)(C)C)CC2. The fourth-order valence-electron chi connectivity index (χ4n) is 2.56. The van der Waals surface area contributed by atoms with Gasteiger partial charge in [-0.25, -0.2) is 9.59 Å². The highest BCUT2D eigenvalue weighted by Crippen LogP contribution is 2.25. The van der Waals surface area contributed by atoms with Crippen molar-refractivity contribution in [1.29, 1.82) is 0 Å². The summed E-state index contributed by atoms with van der Waals surface area (Å²) in [5, 5.41) is 9.29. The molecule has 1 aromatic carbocycles. The van der Waals surface area contributed by atoms with Crippen LogP contribution in [0.1, 0.15) is 59.5 Å². The minimum atomic E-state index is -1.15. The third-order valence-electron chi connectivity index (χ3n) is 3.61. The zero-order valence-electron chi connectivity index (χ0n) is 13.8. The first-order chi connectivity index (χ1) is 10.6. The number of fused-ring (bicyclic) bond motifs is 1. The van der Waals surface area contributed by atoms with Crippen LogP contribution in [0.15, 0.2) is 12.1 Å². The third kappa shape index (κ3) is 3.88. The summed E-state index contributed by atoms with van der Waals surface area (Å²) in [6.07, 6.45) is 0.144. The highest BCUT2D eigenvalue weighted by atomic mass is 16.6. The minimum absolute atomic E-state index is 0.0257. The van der Waals surface area contributed by atoms with Crippen molar-refractivity contribution >= 4 is 17.8 Å².